The van der Waals surface area contributed by atoms with Gasteiger partial charge in [-0.25, -0.2) is 4.79 Å². The molecule has 0 saturated carbocycles. The van der Waals surface area contributed by atoms with E-state index in [2.05, 4.69) is 0 Å². The number of hydrogen-bond acceptors (Lipinski definition) is 3. The number of phenolic OH excluding ortho intramolecular Hbond substituents is 1. The minimum Gasteiger partial charge on any atom is -0.507 e. The molecule has 4 heteroatoms. The molecular formula is C19H24NO3+. The summed E-state index contributed by atoms with van der Waals surface area (Å²) in [5, 5.41) is 11.8. The number of rotatable bonds is 2. The van der Waals surface area contributed by atoms with Gasteiger partial charge in [0.25, 0.3) is 0 Å². The molecule has 4 rings (SSSR count). The molecule has 1 fully saturated rings. The Morgan fingerprint density at radius 1 is 1.13 bits per heavy atom. The first-order valence-electron chi connectivity index (χ1n) is 8.78. The minimum absolute atomic E-state index is 0.219. The Kier molecular flexibility index (Phi) is 3.64. The van der Waals surface area contributed by atoms with Crippen LogP contribution in [0.3, 0.4) is 0 Å². The summed E-state index contributed by atoms with van der Waals surface area (Å²) in [5.41, 5.74) is 4.18. The van der Waals surface area contributed by atoms with E-state index in [1.807, 2.05) is 13.0 Å². The highest BCUT2D eigenvalue weighted by Crippen LogP contribution is 2.36. The van der Waals surface area contributed by atoms with Gasteiger partial charge < -0.3 is 14.4 Å². The SMILES string of the molecule is Cc1cc2oc(=O)c3c(c2c(O)c1C[NH+]1CCCC1)CCCC3. The predicted octanol–water partition coefficient (Wildman–Crippen LogP) is 1.86. The molecule has 0 radical (unpaired) electrons. The number of hydrogen-bond donors (Lipinski definition) is 2. The first kappa shape index (κ1) is 14.8. The van der Waals surface area contributed by atoms with Gasteiger partial charge in [0.15, 0.2) is 0 Å². The van der Waals surface area contributed by atoms with Gasteiger partial charge in [-0.3, -0.25) is 0 Å². The summed E-state index contributed by atoms with van der Waals surface area (Å²) >= 11 is 0. The van der Waals surface area contributed by atoms with E-state index in [4.69, 9.17) is 4.42 Å². The van der Waals surface area contributed by atoms with Crippen molar-refractivity contribution in [1.82, 2.24) is 0 Å². The lowest BCUT2D eigenvalue weighted by Gasteiger charge is -2.20. The van der Waals surface area contributed by atoms with Gasteiger partial charge in [0.2, 0.25) is 0 Å². The highest BCUT2D eigenvalue weighted by Gasteiger charge is 2.25. The second kappa shape index (κ2) is 5.68. The van der Waals surface area contributed by atoms with Crippen molar-refractivity contribution in [3.05, 3.63) is 38.7 Å². The Bertz CT molecular complexity index is 816. The summed E-state index contributed by atoms with van der Waals surface area (Å²) in [6, 6.07) is 1.94. The van der Waals surface area contributed by atoms with Crippen molar-refractivity contribution in [2.75, 3.05) is 13.1 Å². The van der Waals surface area contributed by atoms with E-state index >= 15 is 0 Å². The number of quaternary nitrogens is 1. The van der Waals surface area contributed by atoms with E-state index in [0.717, 1.165) is 59.9 Å². The van der Waals surface area contributed by atoms with Crippen LogP contribution in [0.1, 0.15) is 47.9 Å². The molecule has 23 heavy (non-hydrogen) atoms. The van der Waals surface area contributed by atoms with Crippen LogP contribution in [0.25, 0.3) is 11.0 Å². The Morgan fingerprint density at radius 2 is 1.83 bits per heavy atom. The lowest BCUT2D eigenvalue weighted by atomic mass is 9.89. The molecule has 1 aliphatic carbocycles. The van der Waals surface area contributed by atoms with Gasteiger partial charge in [-0.05, 0) is 49.8 Å². The van der Waals surface area contributed by atoms with Crippen LogP contribution >= 0.6 is 0 Å². The van der Waals surface area contributed by atoms with E-state index < -0.39 is 0 Å². The zero-order valence-corrected chi connectivity index (χ0v) is 13.7. The first-order valence-corrected chi connectivity index (χ1v) is 8.78. The molecule has 1 saturated heterocycles. The molecule has 1 aliphatic heterocycles. The highest BCUT2D eigenvalue weighted by molar-refractivity contribution is 5.89. The second-order valence-corrected chi connectivity index (χ2v) is 7.08. The van der Waals surface area contributed by atoms with Crippen LogP contribution in [-0.4, -0.2) is 18.2 Å². The zero-order valence-electron chi connectivity index (χ0n) is 13.7. The van der Waals surface area contributed by atoms with Crippen molar-refractivity contribution >= 4 is 11.0 Å². The number of benzene rings is 1. The summed E-state index contributed by atoms with van der Waals surface area (Å²) < 4.78 is 5.52. The first-order chi connectivity index (χ1) is 11.1. The third-order valence-electron chi connectivity index (χ3n) is 5.55. The Balaban J connectivity index is 1.91. The molecule has 122 valence electrons. The number of likely N-dealkylation sites (tertiary alicyclic amines) is 1. The third-order valence-corrected chi connectivity index (χ3v) is 5.55. The highest BCUT2D eigenvalue weighted by atomic mass is 16.4. The van der Waals surface area contributed by atoms with Crippen LogP contribution in [0.2, 0.25) is 0 Å². The van der Waals surface area contributed by atoms with Crippen LogP contribution in [0.4, 0.5) is 0 Å². The summed E-state index contributed by atoms with van der Waals surface area (Å²) in [7, 11) is 0. The summed E-state index contributed by atoms with van der Waals surface area (Å²) in [6.45, 7) is 5.22. The average Bonchev–Trinajstić information content (AvgIpc) is 3.04. The van der Waals surface area contributed by atoms with Gasteiger partial charge in [-0.15, -0.1) is 0 Å². The number of aryl methyl sites for hydroxylation is 2. The second-order valence-electron chi connectivity index (χ2n) is 7.08. The molecule has 0 bridgehead atoms. The van der Waals surface area contributed by atoms with E-state index in [-0.39, 0.29) is 5.63 Å². The van der Waals surface area contributed by atoms with E-state index in [1.165, 1.54) is 30.8 Å². The Hall–Kier alpha value is -1.81. The van der Waals surface area contributed by atoms with Crippen LogP contribution in [0, 0.1) is 6.92 Å². The Labute approximate surface area is 135 Å². The van der Waals surface area contributed by atoms with Crippen LogP contribution in [0.5, 0.6) is 5.75 Å². The van der Waals surface area contributed by atoms with Gasteiger partial charge in [0.1, 0.15) is 17.9 Å². The van der Waals surface area contributed by atoms with E-state index in [9.17, 15) is 9.90 Å². The molecule has 0 unspecified atom stereocenters. The van der Waals surface area contributed by atoms with Crippen LogP contribution < -0.4 is 10.5 Å². The molecule has 4 nitrogen and oxygen atoms in total. The largest absolute Gasteiger partial charge is 0.507 e. The normalized spacial score (nSPS) is 18.5. The number of fused-ring (bicyclic) bond motifs is 3. The quantitative estimate of drug-likeness (QED) is 0.832. The maximum absolute atomic E-state index is 12.2. The molecule has 1 aromatic heterocycles. The van der Waals surface area contributed by atoms with Gasteiger partial charge in [0.05, 0.1) is 24.0 Å². The van der Waals surface area contributed by atoms with Crippen molar-refractivity contribution in [3.8, 4) is 5.75 Å². The summed E-state index contributed by atoms with van der Waals surface area (Å²) in [4.78, 5) is 13.7. The van der Waals surface area contributed by atoms with Gasteiger partial charge in [-0.2, -0.15) is 0 Å². The predicted molar refractivity (Wildman–Crippen MR) is 89.2 cm³/mol. The van der Waals surface area contributed by atoms with Gasteiger partial charge in [0, 0.05) is 18.4 Å². The maximum atomic E-state index is 12.2. The van der Waals surface area contributed by atoms with E-state index in [1.54, 1.807) is 0 Å². The topological polar surface area (TPSA) is 54.9 Å². The van der Waals surface area contributed by atoms with E-state index in [0.29, 0.717) is 11.3 Å². The smallest absolute Gasteiger partial charge is 0.339 e. The zero-order chi connectivity index (χ0) is 16.0. The van der Waals surface area contributed by atoms with Crippen molar-refractivity contribution in [2.24, 2.45) is 0 Å². The molecule has 0 amide bonds. The average molecular weight is 314 g/mol. The van der Waals surface area contributed by atoms with Crippen LogP contribution in [0.15, 0.2) is 15.3 Å². The standard InChI is InChI=1S/C19H23NO3/c1-12-10-16-17(13-6-2-3-7-14(13)19(22)23-16)18(21)15(12)11-20-8-4-5-9-20/h10,21H,2-9,11H2,1H3/p+1. The van der Waals surface area contributed by atoms with Crippen molar-refractivity contribution in [2.45, 2.75) is 52.0 Å². The molecule has 2 heterocycles. The van der Waals surface area contributed by atoms with Crippen molar-refractivity contribution in [1.29, 1.82) is 0 Å². The molecular weight excluding hydrogens is 290 g/mol. The third kappa shape index (κ3) is 2.45. The minimum atomic E-state index is -0.219. The lowest BCUT2D eigenvalue weighted by Crippen LogP contribution is -3.08. The van der Waals surface area contributed by atoms with Crippen molar-refractivity contribution < 1.29 is 14.4 Å². The monoisotopic (exact) mass is 314 g/mol. The fraction of sp³-hybridized carbons (Fsp3) is 0.526. The molecule has 1 aromatic carbocycles. The molecule has 2 aliphatic rings. The lowest BCUT2D eigenvalue weighted by molar-refractivity contribution is -0.901. The molecule has 0 atom stereocenters. The fourth-order valence-corrected chi connectivity index (χ4v) is 4.28. The van der Waals surface area contributed by atoms with Crippen LogP contribution in [-0.2, 0) is 19.4 Å². The van der Waals surface area contributed by atoms with Gasteiger partial charge in [-0.1, -0.05) is 0 Å². The fourth-order valence-electron chi connectivity index (χ4n) is 4.28. The van der Waals surface area contributed by atoms with Crippen molar-refractivity contribution in [3.63, 3.8) is 0 Å². The Morgan fingerprint density at radius 3 is 2.57 bits per heavy atom. The maximum Gasteiger partial charge on any atom is 0.339 e. The van der Waals surface area contributed by atoms with Gasteiger partial charge >= 0.3 is 5.63 Å². The molecule has 2 N–H and O–H groups in total. The number of aromatic hydroxyl groups is 1. The number of nitrogens with one attached hydrogen (secondary N) is 1. The number of phenols is 1. The molecule has 0 spiro atoms. The molecule has 2 aromatic rings. The summed E-state index contributed by atoms with van der Waals surface area (Å²) in [5.74, 6) is 0.348. The summed E-state index contributed by atoms with van der Waals surface area (Å²) in [6.07, 6.45) is 6.28.